The molecule has 0 saturated carbocycles. The van der Waals surface area contributed by atoms with E-state index in [1.807, 2.05) is 56.3 Å². The molecule has 4 aromatic carbocycles. The van der Waals surface area contributed by atoms with E-state index in [1.165, 1.54) is 7.11 Å². The summed E-state index contributed by atoms with van der Waals surface area (Å²) in [6.07, 6.45) is -0.831. The van der Waals surface area contributed by atoms with Gasteiger partial charge in [0.05, 0.1) is 7.11 Å². The van der Waals surface area contributed by atoms with Gasteiger partial charge in [-0.3, -0.25) is 9.59 Å². The molecule has 0 aliphatic rings. The lowest BCUT2D eigenvalue weighted by molar-refractivity contribution is 0.0883. The van der Waals surface area contributed by atoms with Gasteiger partial charge in [-0.25, -0.2) is 0 Å². The number of carbonyl (C=O) groups excluding carboxylic acids is 2. The maximum Gasteiger partial charge on any atom is 0.253 e. The molecule has 0 heterocycles. The first-order valence-corrected chi connectivity index (χ1v) is 12.5. The lowest BCUT2D eigenvalue weighted by atomic mass is 10.1. The molecule has 0 aliphatic heterocycles. The van der Waals surface area contributed by atoms with Crippen molar-refractivity contribution in [3.63, 3.8) is 0 Å². The molecule has 6 nitrogen and oxygen atoms in total. The third kappa shape index (κ3) is 6.72. The normalized spacial score (nSPS) is 10.7. The number of benzene rings is 4. The van der Waals surface area contributed by atoms with E-state index in [0.717, 1.165) is 16.7 Å². The predicted molar refractivity (Wildman–Crippen MR) is 149 cm³/mol. The Kier molecular flexibility index (Phi) is 8.66. The van der Waals surface area contributed by atoms with Crippen molar-refractivity contribution in [1.29, 1.82) is 0 Å². The Morgan fingerprint density at radius 2 is 1.37 bits per heavy atom. The highest BCUT2D eigenvalue weighted by Crippen LogP contribution is 2.31. The van der Waals surface area contributed by atoms with Gasteiger partial charge in [0, 0.05) is 21.7 Å². The standard InChI is InChI=1S/C31H29ClN2O4/c1-20-8-6-11-23(16-20)30(35)33-29(34-31(36)24-12-7-9-21(2)17-24)22-14-15-27(28(18-22)37-3)38-19-25-10-4-5-13-26(25)32/h4-18,29H,19H2,1-3H3,(H,33,35)(H,34,36). The molecule has 2 amide bonds. The van der Waals surface area contributed by atoms with Gasteiger partial charge in [-0.2, -0.15) is 0 Å². The van der Waals surface area contributed by atoms with E-state index >= 15 is 0 Å². The summed E-state index contributed by atoms with van der Waals surface area (Å²) < 4.78 is 11.6. The van der Waals surface area contributed by atoms with Crippen molar-refractivity contribution in [3.8, 4) is 11.5 Å². The summed E-state index contributed by atoms with van der Waals surface area (Å²) in [5.41, 5.74) is 4.36. The quantitative estimate of drug-likeness (QED) is 0.246. The summed E-state index contributed by atoms with van der Waals surface area (Å²) in [6.45, 7) is 4.09. The minimum atomic E-state index is -0.831. The molecule has 0 fully saturated rings. The van der Waals surface area contributed by atoms with E-state index < -0.39 is 6.17 Å². The Labute approximate surface area is 227 Å². The molecule has 2 N–H and O–H groups in total. The van der Waals surface area contributed by atoms with Crippen LogP contribution in [0, 0.1) is 13.8 Å². The Morgan fingerprint density at radius 3 is 1.92 bits per heavy atom. The van der Waals surface area contributed by atoms with Gasteiger partial charge >= 0.3 is 0 Å². The van der Waals surface area contributed by atoms with Crippen molar-refractivity contribution in [3.05, 3.63) is 129 Å². The van der Waals surface area contributed by atoms with Crippen LogP contribution in [0.25, 0.3) is 0 Å². The molecule has 0 radical (unpaired) electrons. The van der Waals surface area contributed by atoms with Crippen LogP contribution in [0.15, 0.2) is 91.0 Å². The molecule has 194 valence electrons. The second kappa shape index (κ2) is 12.3. The second-order valence-electron chi connectivity index (χ2n) is 8.91. The number of carbonyl (C=O) groups is 2. The van der Waals surface area contributed by atoms with Crippen LogP contribution in [-0.2, 0) is 6.61 Å². The van der Waals surface area contributed by atoms with Crippen LogP contribution in [0.4, 0.5) is 0 Å². The highest BCUT2D eigenvalue weighted by atomic mass is 35.5. The average molecular weight is 529 g/mol. The van der Waals surface area contributed by atoms with Crippen LogP contribution in [-0.4, -0.2) is 18.9 Å². The number of halogens is 1. The van der Waals surface area contributed by atoms with Gasteiger partial charge < -0.3 is 20.1 Å². The summed E-state index contributed by atoms with van der Waals surface area (Å²) >= 11 is 6.26. The van der Waals surface area contributed by atoms with Gasteiger partial charge in [-0.1, -0.05) is 71.3 Å². The van der Waals surface area contributed by atoms with Crippen molar-refractivity contribution in [1.82, 2.24) is 10.6 Å². The number of amides is 2. The van der Waals surface area contributed by atoms with E-state index in [0.29, 0.717) is 33.2 Å². The molecule has 0 atom stereocenters. The zero-order valence-electron chi connectivity index (χ0n) is 21.5. The number of ether oxygens (including phenoxy) is 2. The van der Waals surface area contributed by atoms with Crippen LogP contribution in [0.1, 0.15) is 49.1 Å². The highest BCUT2D eigenvalue weighted by molar-refractivity contribution is 6.31. The van der Waals surface area contributed by atoms with Crippen molar-refractivity contribution in [2.75, 3.05) is 7.11 Å². The van der Waals surface area contributed by atoms with E-state index in [2.05, 4.69) is 10.6 Å². The average Bonchev–Trinajstić information content (AvgIpc) is 2.92. The molecule has 0 aliphatic carbocycles. The Balaban J connectivity index is 1.61. The number of methoxy groups -OCH3 is 1. The SMILES string of the molecule is COc1cc(C(NC(=O)c2cccc(C)c2)NC(=O)c2cccc(C)c2)ccc1OCc1ccccc1Cl. The van der Waals surface area contributed by atoms with E-state index in [-0.39, 0.29) is 18.4 Å². The first-order chi connectivity index (χ1) is 18.3. The smallest absolute Gasteiger partial charge is 0.253 e. The summed E-state index contributed by atoms with van der Waals surface area (Å²) in [4.78, 5) is 26.3. The number of rotatable bonds is 9. The van der Waals surface area contributed by atoms with Crippen molar-refractivity contribution < 1.29 is 19.1 Å². The lowest BCUT2D eigenvalue weighted by Crippen LogP contribution is -2.41. The van der Waals surface area contributed by atoms with Crippen LogP contribution < -0.4 is 20.1 Å². The third-order valence-electron chi connectivity index (χ3n) is 5.97. The number of hydrogen-bond acceptors (Lipinski definition) is 4. The molecular formula is C31H29ClN2O4. The van der Waals surface area contributed by atoms with Gasteiger partial charge in [0.2, 0.25) is 0 Å². The van der Waals surface area contributed by atoms with Crippen molar-refractivity contribution in [2.45, 2.75) is 26.6 Å². The molecule has 0 aromatic heterocycles. The third-order valence-corrected chi connectivity index (χ3v) is 6.34. The fourth-order valence-electron chi connectivity index (χ4n) is 3.96. The summed E-state index contributed by atoms with van der Waals surface area (Å²) in [6, 6.07) is 27.2. The van der Waals surface area contributed by atoms with E-state index in [9.17, 15) is 9.59 Å². The molecule has 38 heavy (non-hydrogen) atoms. The monoisotopic (exact) mass is 528 g/mol. The van der Waals surface area contributed by atoms with Gasteiger partial charge in [0.1, 0.15) is 12.8 Å². The number of nitrogens with one attached hydrogen (secondary N) is 2. The van der Waals surface area contributed by atoms with Gasteiger partial charge in [0.15, 0.2) is 11.5 Å². The highest BCUT2D eigenvalue weighted by Gasteiger charge is 2.21. The number of aryl methyl sites for hydroxylation is 2. The minimum Gasteiger partial charge on any atom is -0.493 e. The lowest BCUT2D eigenvalue weighted by Gasteiger charge is -2.22. The molecule has 7 heteroatoms. The minimum absolute atomic E-state index is 0.257. The summed E-state index contributed by atoms with van der Waals surface area (Å²) in [5, 5.41) is 6.50. The largest absolute Gasteiger partial charge is 0.493 e. The predicted octanol–water partition coefficient (Wildman–Crippen LogP) is 6.40. The van der Waals surface area contributed by atoms with Crippen molar-refractivity contribution >= 4 is 23.4 Å². The molecule has 4 rings (SSSR count). The molecule has 0 saturated heterocycles. The Hall–Kier alpha value is -4.29. The maximum atomic E-state index is 13.1. The van der Waals surface area contributed by atoms with E-state index in [1.54, 1.807) is 48.5 Å². The Morgan fingerprint density at radius 1 is 0.763 bits per heavy atom. The van der Waals surface area contributed by atoms with Crippen LogP contribution in [0.3, 0.4) is 0 Å². The first kappa shape index (κ1) is 26.8. The van der Waals surface area contributed by atoms with Crippen LogP contribution in [0.2, 0.25) is 5.02 Å². The molecule has 0 unspecified atom stereocenters. The second-order valence-corrected chi connectivity index (χ2v) is 9.32. The molecule has 0 spiro atoms. The van der Waals surface area contributed by atoms with E-state index in [4.69, 9.17) is 21.1 Å². The van der Waals surface area contributed by atoms with Crippen LogP contribution >= 0.6 is 11.6 Å². The molecular weight excluding hydrogens is 500 g/mol. The van der Waals surface area contributed by atoms with Crippen molar-refractivity contribution in [2.24, 2.45) is 0 Å². The number of hydrogen-bond donors (Lipinski definition) is 2. The van der Waals surface area contributed by atoms with Gasteiger partial charge in [0.25, 0.3) is 11.8 Å². The maximum absolute atomic E-state index is 13.1. The fourth-order valence-corrected chi connectivity index (χ4v) is 4.15. The topological polar surface area (TPSA) is 76.7 Å². The summed E-state index contributed by atoms with van der Waals surface area (Å²) in [5.74, 6) is 0.321. The fraction of sp³-hybridized carbons (Fsp3) is 0.161. The molecule has 0 bridgehead atoms. The first-order valence-electron chi connectivity index (χ1n) is 12.1. The zero-order valence-corrected chi connectivity index (χ0v) is 22.2. The van der Waals surface area contributed by atoms with Gasteiger partial charge in [-0.05, 0) is 61.9 Å². The van der Waals surface area contributed by atoms with Crippen LogP contribution in [0.5, 0.6) is 11.5 Å². The zero-order chi connectivity index (χ0) is 27.1. The molecule has 4 aromatic rings. The van der Waals surface area contributed by atoms with Gasteiger partial charge in [-0.15, -0.1) is 0 Å². The Bertz CT molecular complexity index is 1390. The summed E-state index contributed by atoms with van der Waals surface area (Å²) in [7, 11) is 1.53.